The van der Waals surface area contributed by atoms with Crippen molar-refractivity contribution < 1.29 is 14.3 Å². The van der Waals surface area contributed by atoms with Crippen molar-refractivity contribution in [1.82, 2.24) is 10.3 Å². The normalized spacial score (nSPS) is 11.5. The summed E-state index contributed by atoms with van der Waals surface area (Å²) in [7, 11) is 0. The molecule has 1 amide bonds. The fourth-order valence-electron chi connectivity index (χ4n) is 4.49. The highest BCUT2D eigenvalue weighted by molar-refractivity contribution is 7.99. The van der Waals surface area contributed by atoms with Gasteiger partial charge in [0.15, 0.2) is 6.29 Å². The summed E-state index contributed by atoms with van der Waals surface area (Å²) < 4.78 is 5.67. The van der Waals surface area contributed by atoms with E-state index in [1.54, 1.807) is 18.3 Å². The molecule has 1 N–H and O–H groups in total. The maximum Gasteiger partial charge on any atom is 0.407 e. The number of aldehydes is 1. The van der Waals surface area contributed by atoms with Gasteiger partial charge in [0.1, 0.15) is 11.6 Å². The molecule has 1 aliphatic rings. The Morgan fingerprint density at radius 3 is 2.30 bits per heavy atom. The van der Waals surface area contributed by atoms with E-state index in [0.29, 0.717) is 17.1 Å². The van der Waals surface area contributed by atoms with Crippen LogP contribution in [0.5, 0.6) is 0 Å². The van der Waals surface area contributed by atoms with Crippen LogP contribution in [0.1, 0.15) is 52.4 Å². The molecule has 0 radical (unpaired) electrons. The molecule has 1 heterocycles. The largest absolute Gasteiger partial charge is 0.449 e. The van der Waals surface area contributed by atoms with E-state index < -0.39 is 6.09 Å². The number of carbonyl (C=O) groups is 2. The standard InChI is InChI=1S/C29H24N2O3S.C2H6/c1-19-8-6-9-20(27(19)35-28-21(17-32)10-7-15-30-28)16-31-29(33)34-18-26-24-13-4-2-11-22(24)23-12-3-5-14-25(23)26;1-2/h2-15,17,26H,16,18H2,1H3,(H,31,33);1-2H3. The van der Waals surface area contributed by atoms with Crippen molar-refractivity contribution in [2.45, 2.75) is 43.2 Å². The zero-order valence-corrected chi connectivity index (χ0v) is 22.0. The molecule has 0 unspecified atom stereocenters. The van der Waals surface area contributed by atoms with Crippen LogP contribution in [0.3, 0.4) is 0 Å². The number of aryl methyl sites for hydroxylation is 1. The Morgan fingerprint density at radius 2 is 1.62 bits per heavy atom. The van der Waals surface area contributed by atoms with Gasteiger partial charge in [-0.15, -0.1) is 0 Å². The van der Waals surface area contributed by atoms with Gasteiger partial charge in [0.25, 0.3) is 0 Å². The number of fused-ring (bicyclic) bond motifs is 3. The summed E-state index contributed by atoms with van der Waals surface area (Å²) in [6, 6.07) is 25.9. The third-order valence-electron chi connectivity index (χ3n) is 6.19. The predicted molar refractivity (Wildman–Crippen MR) is 148 cm³/mol. The number of amides is 1. The highest BCUT2D eigenvalue weighted by atomic mass is 32.2. The average molecular weight is 511 g/mol. The van der Waals surface area contributed by atoms with Gasteiger partial charge in [-0.25, -0.2) is 9.78 Å². The first-order valence-electron chi connectivity index (χ1n) is 12.4. The van der Waals surface area contributed by atoms with Crippen molar-refractivity contribution in [2.24, 2.45) is 0 Å². The number of benzene rings is 3. The summed E-state index contributed by atoms with van der Waals surface area (Å²) in [5.74, 6) is 0.0177. The van der Waals surface area contributed by atoms with Gasteiger partial charge >= 0.3 is 6.09 Å². The highest BCUT2D eigenvalue weighted by Gasteiger charge is 2.29. The molecule has 4 aromatic rings. The molecule has 37 heavy (non-hydrogen) atoms. The number of aromatic nitrogens is 1. The summed E-state index contributed by atoms with van der Waals surface area (Å²) in [4.78, 5) is 29.4. The first-order chi connectivity index (χ1) is 18.2. The summed E-state index contributed by atoms with van der Waals surface area (Å²) in [5, 5.41) is 3.53. The van der Waals surface area contributed by atoms with Gasteiger partial charge in [0, 0.05) is 29.1 Å². The van der Waals surface area contributed by atoms with E-state index in [9.17, 15) is 9.59 Å². The minimum Gasteiger partial charge on any atom is -0.449 e. The Kier molecular flexibility index (Phi) is 8.75. The van der Waals surface area contributed by atoms with Gasteiger partial charge in [-0.3, -0.25) is 4.79 Å². The molecule has 0 spiro atoms. The number of nitrogens with one attached hydrogen (secondary N) is 1. The summed E-state index contributed by atoms with van der Waals surface area (Å²) in [6.07, 6.45) is 2.01. The van der Waals surface area contributed by atoms with Crippen LogP contribution in [0.25, 0.3) is 11.1 Å². The Morgan fingerprint density at radius 1 is 0.946 bits per heavy atom. The van der Waals surface area contributed by atoms with Crippen molar-refractivity contribution in [3.05, 3.63) is 113 Å². The van der Waals surface area contributed by atoms with Crippen LogP contribution in [0, 0.1) is 6.92 Å². The fraction of sp³-hybridized carbons (Fsp3) is 0.194. The lowest BCUT2D eigenvalue weighted by Crippen LogP contribution is -2.26. The molecule has 1 aromatic heterocycles. The molecule has 0 atom stereocenters. The second-order valence-electron chi connectivity index (χ2n) is 8.36. The number of hydrogen-bond acceptors (Lipinski definition) is 5. The molecule has 1 aliphatic carbocycles. The topological polar surface area (TPSA) is 68.3 Å². The van der Waals surface area contributed by atoms with Crippen LogP contribution >= 0.6 is 11.8 Å². The van der Waals surface area contributed by atoms with E-state index >= 15 is 0 Å². The Bertz CT molecular complexity index is 1360. The van der Waals surface area contributed by atoms with Crippen LogP contribution in [0.2, 0.25) is 0 Å². The quantitative estimate of drug-likeness (QED) is 0.262. The molecule has 5 rings (SSSR count). The van der Waals surface area contributed by atoms with Crippen molar-refractivity contribution in [2.75, 3.05) is 6.61 Å². The molecule has 0 saturated heterocycles. The lowest BCUT2D eigenvalue weighted by molar-refractivity contribution is 0.112. The first-order valence-corrected chi connectivity index (χ1v) is 13.2. The monoisotopic (exact) mass is 510 g/mol. The molecule has 0 saturated carbocycles. The van der Waals surface area contributed by atoms with Crippen LogP contribution in [-0.2, 0) is 11.3 Å². The zero-order chi connectivity index (χ0) is 26.2. The Balaban J connectivity index is 0.00000156. The smallest absolute Gasteiger partial charge is 0.407 e. The van der Waals surface area contributed by atoms with E-state index in [2.05, 4.69) is 34.6 Å². The average Bonchev–Trinajstić information content (AvgIpc) is 3.27. The van der Waals surface area contributed by atoms with Crippen LogP contribution in [0.15, 0.2) is 95.0 Å². The molecule has 0 bridgehead atoms. The number of ether oxygens (including phenoxy) is 1. The van der Waals surface area contributed by atoms with Crippen molar-refractivity contribution in [3.63, 3.8) is 0 Å². The van der Waals surface area contributed by atoms with Gasteiger partial charge < -0.3 is 10.1 Å². The van der Waals surface area contributed by atoms with Crippen LogP contribution in [0.4, 0.5) is 4.79 Å². The van der Waals surface area contributed by atoms with Gasteiger partial charge in [-0.05, 0) is 52.4 Å². The van der Waals surface area contributed by atoms with E-state index in [-0.39, 0.29) is 12.5 Å². The molecular formula is C31H30N2O3S. The summed E-state index contributed by atoms with van der Waals surface area (Å²) in [6.45, 7) is 6.58. The second-order valence-corrected chi connectivity index (χ2v) is 9.36. The third kappa shape index (κ3) is 5.75. The SMILES string of the molecule is CC.Cc1cccc(CNC(=O)OCC2c3ccccc3-c3ccccc32)c1Sc1ncccc1C=O. The molecular weight excluding hydrogens is 480 g/mol. The minimum atomic E-state index is -0.462. The first kappa shape index (κ1) is 26.2. The maximum absolute atomic E-state index is 12.7. The maximum atomic E-state index is 12.7. The molecule has 6 heteroatoms. The summed E-state index contributed by atoms with van der Waals surface area (Å²) >= 11 is 1.43. The van der Waals surface area contributed by atoms with E-state index in [1.165, 1.54) is 34.0 Å². The lowest BCUT2D eigenvalue weighted by atomic mass is 9.98. The minimum absolute atomic E-state index is 0.0177. The number of carbonyl (C=O) groups excluding carboxylic acids is 2. The van der Waals surface area contributed by atoms with Gasteiger partial charge in [0.05, 0.1) is 0 Å². The molecule has 3 aromatic carbocycles. The van der Waals surface area contributed by atoms with E-state index in [4.69, 9.17) is 4.74 Å². The molecule has 0 aliphatic heterocycles. The fourth-order valence-corrected chi connectivity index (χ4v) is 5.53. The van der Waals surface area contributed by atoms with Crippen LogP contribution in [-0.4, -0.2) is 24.0 Å². The van der Waals surface area contributed by atoms with E-state index in [1.807, 2.05) is 63.2 Å². The zero-order valence-electron chi connectivity index (χ0n) is 21.2. The predicted octanol–water partition coefficient (Wildman–Crippen LogP) is 7.42. The lowest BCUT2D eigenvalue weighted by Gasteiger charge is -2.16. The van der Waals surface area contributed by atoms with Gasteiger partial charge in [-0.1, -0.05) is 92.3 Å². The molecule has 0 fully saturated rings. The highest BCUT2D eigenvalue weighted by Crippen LogP contribution is 2.44. The van der Waals surface area contributed by atoms with Crippen molar-refractivity contribution in [1.29, 1.82) is 0 Å². The van der Waals surface area contributed by atoms with Gasteiger partial charge in [0.2, 0.25) is 0 Å². The van der Waals surface area contributed by atoms with Crippen LogP contribution < -0.4 is 5.32 Å². The van der Waals surface area contributed by atoms with Crippen molar-refractivity contribution in [3.8, 4) is 11.1 Å². The second kappa shape index (κ2) is 12.4. The third-order valence-corrected chi connectivity index (χ3v) is 7.51. The number of hydrogen-bond donors (Lipinski definition) is 1. The molecule has 5 nitrogen and oxygen atoms in total. The number of rotatable bonds is 7. The Hall–Kier alpha value is -3.90. The van der Waals surface area contributed by atoms with Gasteiger partial charge in [-0.2, -0.15) is 0 Å². The van der Waals surface area contributed by atoms with E-state index in [0.717, 1.165) is 22.3 Å². The number of nitrogens with zero attached hydrogens (tertiary/aromatic N) is 1. The summed E-state index contributed by atoms with van der Waals surface area (Å²) in [5.41, 5.74) is 7.28. The number of alkyl carbamates (subject to hydrolysis) is 1. The number of pyridine rings is 1. The van der Waals surface area contributed by atoms with Crippen molar-refractivity contribution >= 4 is 24.1 Å². The molecule has 188 valence electrons. The Labute approximate surface area is 222 Å².